The summed E-state index contributed by atoms with van der Waals surface area (Å²) < 4.78 is 0. The number of rotatable bonds is 6. The zero-order chi connectivity index (χ0) is 17.1. The molecular weight excluding hydrogens is 304 g/mol. The SMILES string of the molecule is CCc1ccc(CN(C(=O)c2cc(C(=O)O)ccn2)C2CC2)cc1. The summed E-state index contributed by atoms with van der Waals surface area (Å²) in [6, 6.07) is 11.2. The van der Waals surface area contributed by atoms with Crippen LogP contribution in [0.5, 0.6) is 0 Å². The Balaban J connectivity index is 1.81. The zero-order valence-corrected chi connectivity index (χ0v) is 13.6. The molecule has 0 aliphatic heterocycles. The maximum Gasteiger partial charge on any atom is 0.335 e. The molecule has 2 aromatic rings. The smallest absolute Gasteiger partial charge is 0.335 e. The van der Waals surface area contributed by atoms with Gasteiger partial charge in [0.2, 0.25) is 0 Å². The van der Waals surface area contributed by atoms with Gasteiger partial charge >= 0.3 is 5.97 Å². The van der Waals surface area contributed by atoms with E-state index in [4.69, 9.17) is 5.11 Å². The second-order valence-corrected chi connectivity index (χ2v) is 6.07. The van der Waals surface area contributed by atoms with Crippen LogP contribution in [0, 0.1) is 0 Å². The zero-order valence-electron chi connectivity index (χ0n) is 13.6. The quantitative estimate of drug-likeness (QED) is 0.886. The molecule has 1 aromatic carbocycles. The maximum absolute atomic E-state index is 12.8. The number of hydrogen-bond donors (Lipinski definition) is 1. The van der Waals surface area contributed by atoms with E-state index in [1.165, 1.54) is 23.9 Å². The van der Waals surface area contributed by atoms with E-state index in [0.29, 0.717) is 6.54 Å². The number of carboxylic acids is 1. The van der Waals surface area contributed by atoms with Gasteiger partial charge in [-0.05, 0) is 42.5 Å². The second-order valence-electron chi connectivity index (χ2n) is 6.07. The number of carbonyl (C=O) groups excluding carboxylic acids is 1. The third kappa shape index (κ3) is 3.62. The van der Waals surface area contributed by atoms with Crippen molar-refractivity contribution < 1.29 is 14.7 Å². The second kappa shape index (κ2) is 6.83. The van der Waals surface area contributed by atoms with Gasteiger partial charge in [0, 0.05) is 18.8 Å². The van der Waals surface area contributed by atoms with Crippen LogP contribution in [0.1, 0.15) is 51.7 Å². The van der Waals surface area contributed by atoms with Crippen LogP contribution in [0.3, 0.4) is 0 Å². The molecule has 0 radical (unpaired) electrons. The fourth-order valence-corrected chi connectivity index (χ4v) is 2.66. The molecule has 124 valence electrons. The maximum atomic E-state index is 12.8. The number of hydrogen-bond acceptors (Lipinski definition) is 3. The van der Waals surface area contributed by atoms with Gasteiger partial charge in [0.1, 0.15) is 5.69 Å². The molecule has 0 saturated heterocycles. The summed E-state index contributed by atoms with van der Waals surface area (Å²) in [6.45, 7) is 2.63. The lowest BCUT2D eigenvalue weighted by molar-refractivity contribution is 0.0696. The molecule has 5 nitrogen and oxygen atoms in total. The topological polar surface area (TPSA) is 70.5 Å². The predicted octanol–water partition coefficient (Wildman–Crippen LogP) is 3.15. The van der Waals surface area contributed by atoms with Gasteiger partial charge < -0.3 is 10.0 Å². The van der Waals surface area contributed by atoms with Gasteiger partial charge in [-0.1, -0.05) is 31.2 Å². The van der Waals surface area contributed by atoms with Crippen LogP contribution >= 0.6 is 0 Å². The first-order chi connectivity index (χ1) is 11.6. The minimum atomic E-state index is -1.06. The number of pyridine rings is 1. The van der Waals surface area contributed by atoms with Gasteiger partial charge in [-0.2, -0.15) is 0 Å². The molecule has 1 heterocycles. The molecule has 0 atom stereocenters. The predicted molar refractivity (Wildman–Crippen MR) is 89.9 cm³/mol. The van der Waals surface area contributed by atoms with Gasteiger partial charge in [-0.3, -0.25) is 9.78 Å². The normalized spacial score (nSPS) is 13.5. The lowest BCUT2D eigenvalue weighted by Gasteiger charge is -2.22. The molecule has 0 unspecified atom stereocenters. The van der Waals surface area contributed by atoms with Gasteiger partial charge in [-0.15, -0.1) is 0 Å². The number of benzene rings is 1. The summed E-state index contributed by atoms with van der Waals surface area (Å²) >= 11 is 0. The summed E-state index contributed by atoms with van der Waals surface area (Å²) in [5, 5.41) is 9.08. The largest absolute Gasteiger partial charge is 0.478 e. The third-order valence-corrected chi connectivity index (χ3v) is 4.26. The fraction of sp³-hybridized carbons (Fsp3) is 0.316. The highest BCUT2D eigenvalue weighted by Gasteiger charge is 2.33. The van der Waals surface area contributed by atoms with E-state index in [0.717, 1.165) is 24.8 Å². The number of amides is 1. The van der Waals surface area contributed by atoms with E-state index in [9.17, 15) is 9.59 Å². The van der Waals surface area contributed by atoms with Crippen molar-refractivity contribution in [3.05, 3.63) is 65.0 Å². The Morgan fingerprint density at radius 2 is 1.83 bits per heavy atom. The van der Waals surface area contributed by atoms with E-state index >= 15 is 0 Å². The molecule has 1 aliphatic rings. The van der Waals surface area contributed by atoms with Crippen molar-refractivity contribution in [3.8, 4) is 0 Å². The minimum absolute atomic E-state index is 0.0800. The molecule has 0 bridgehead atoms. The van der Waals surface area contributed by atoms with E-state index in [2.05, 4.69) is 24.0 Å². The van der Waals surface area contributed by atoms with Gasteiger partial charge in [-0.25, -0.2) is 4.79 Å². The van der Waals surface area contributed by atoms with Crippen molar-refractivity contribution in [3.63, 3.8) is 0 Å². The molecule has 0 spiro atoms. The first-order valence-electron chi connectivity index (χ1n) is 8.16. The van der Waals surface area contributed by atoms with Crippen molar-refractivity contribution in [2.45, 2.75) is 38.8 Å². The Morgan fingerprint density at radius 1 is 1.17 bits per heavy atom. The highest BCUT2D eigenvalue weighted by atomic mass is 16.4. The van der Waals surface area contributed by atoms with Crippen molar-refractivity contribution in [1.29, 1.82) is 0 Å². The molecule has 1 aromatic heterocycles. The van der Waals surface area contributed by atoms with Crippen LogP contribution in [0.15, 0.2) is 42.6 Å². The Bertz CT molecular complexity index is 751. The Labute approximate surface area is 140 Å². The van der Waals surface area contributed by atoms with Crippen LogP contribution in [-0.4, -0.2) is 32.9 Å². The Kier molecular flexibility index (Phi) is 4.60. The summed E-state index contributed by atoms with van der Waals surface area (Å²) in [7, 11) is 0. The first kappa shape index (κ1) is 16.2. The highest BCUT2D eigenvalue weighted by molar-refractivity contribution is 5.96. The van der Waals surface area contributed by atoms with E-state index in [-0.39, 0.29) is 23.2 Å². The molecule has 1 fully saturated rings. The van der Waals surface area contributed by atoms with Crippen LogP contribution < -0.4 is 0 Å². The van der Waals surface area contributed by atoms with Gasteiger partial charge in [0.25, 0.3) is 5.91 Å². The number of aryl methyl sites for hydroxylation is 1. The van der Waals surface area contributed by atoms with Crippen LogP contribution in [0.2, 0.25) is 0 Å². The molecule has 1 amide bonds. The highest BCUT2D eigenvalue weighted by Crippen LogP contribution is 2.29. The van der Waals surface area contributed by atoms with Gasteiger partial charge in [0.15, 0.2) is 0 Å². The lowest BCUT2D eigenvalue weighted by atomic mass is 10.1. The van der Waals surface area contributed by atoms with E-state index < -0.39 is 5.97 Å². The van der Waals surface area contributed by atoms with Crippen molar-refractivity contribution >= 4 is 11.9 Å². The fourth-order valence-electron chi connectivity index (χ4n) is 2.66. The Morgan fingerprint density at radius 3 is 2.42 bits per heavy atom. The van der Waals surface area contributed by atoms with Crippen LogP contribution in [0.25, 0.3) is 0 Å². The number of aromatic nitrogens is 1. The minimum Gasteiger partial charge on any atom is -0.478 e. The van der Waals surface area contributed by atoms with E-state index in [1.54, 1.807) is 4.90 Å². The molecule has 24 heavy (non-hydrogen) atoms. The van der Waals surface area contributed by atoms with Crippen LogP contribution in [-0.2, 0) is 13.0 Å². The molecule has 1 saturated carbocycles. The molecule has 1 N–H and O–H groups in total. The standard InChI is InChI=1S/C19H20N2O3/c1-2-13-3-5-14(6-4-13)12-21(16-7-8-16)18(22)17-11-15(19(23)24)9-10-20-17/h3-6,9-11,16H,2,7-8,12H2,1H3,(H,23,24). The van der Waals surface area contributed by atoms with E-state index in [1.807, 2.05) is 12.1 Å². The molecular formula is C19H20N2O3. The first-order valence-corrected chi connectivity index (χ1v) is 8.16. The van der Waals surface area contributed by atoms with Crippen molar-refractivity contribution in [2.75, 3.05) is 0 Å². The molecule has 5 heteroatoms. The number of nitrogens with zero attached hydrogens (tertiary/aromatic N) is 2. The third-order valence-electron chi connectivity index (χ3n) is 4.26. The summed E-state index contributed by atoms with van der Waals surface area (Å²) in [5.74, 6) is -1.26. The average molecular weight is 324 g/mol. The summed E-state index contributed by atoms with van der Waals surface area (Å²) in [4.78, 5) is 29.8. The number of aromatic carboxylic acids is 1. The lowest BCUT2D eigenvalue weighted by Crippen LogP contribution is -2.33. The number of carboxylic acid groups (broad SMARTS) is 1. The van der Waals surface area contributed by atoms with Crippen molar-refractivity contribution in [2.24, 2.45) is 0 Å². The monoisotopic (exact) mass is 324 g/mol. The van der Waals surface area contributed by atoms with Gasteiger partial charge in [0.05, 0.1) is 5.56 Å². The van der Waals surface area contributed by atoms with Crippen LogP contribution in [0.4, 0.5) is 0 Å². The summed E-state index contributed by atoms with van der Waals surface area (Å²) in [6.07, 6.45) is 4.32. The molecule has 1 aliphatic carbocycles. The summed E-state index contributed by atoms with van der Waals surface area (Å²) in [5.41, 5.74) is 2.60. The number of carbonyl (C=O) groups is 2. The van der Waals surface area contributed by atoms with Crippen molar-refractivity contribution in [1.82, 2.24) is 9.88 Å². The molecule has 3 rings (SSSR count). The average Bonchev–Trinajstić information content (AvgIpc) is 3.44. The Hall–Kier alpha value is -2.69.